The van der Waals surface area contributed by atoms with Gasteiger partial charge in [0, 0.05) is 20.0 Å². The van der Waals surface area contributed by atoms with E-state index in [2.05, 4.69) is 18.3 Å². The van der Waals surface area contributed by atoms with Crippen LogP contribution in [0.15, 0.2) is 18.2 Å². The normalized spacial score (nSPS) is 15.0. The Morgan fingerprint density at radius 3 is 3.00 bits per heavy atom. The first-order chi connectivity index (χ1) is 7.74. The van der Waals surface area contributed by atoms with E-state index in [-0.39, 0.29) is 5.91 Å². The molecule has 0 spiro atoms. The molecule has 0 radical (unpaired) electrons. The Morgan fingerprint density at radius 2 is 2.31 bits per heavy atom. The van der Waals surface area contributed by atoms with Crippen molar-refractivity contribution in [1.82, 2.24) is 0 Å². The smallest absolute Gasteiger partial charge is 0.223 e. The highest BCUT2D eigenvalue weighted by molar-refractivity contribution is 5.96. The lowest BCUT2D eigenvalue weighted by Gasteiger charge is -2.22. The molecular formula is C13H18N2O. The van der Waals surface area contributed by atoms with Gasteiger partial charge in [0.2, 0.25) is 5.91 Å². The molecule has 1 amide bonds. The molecule has 86 valence electrons. The number of anilines is 2. The maximum atomic E-state index is 11.6. The zero-order valence-electron chi connectivity index (χ0n) is 9.92. The van der Waals surface area contributed by atoms with Gasteiger partial charge in [-0.1, -0.05) is 19.1 Å². The van der Waals surface area contributed by atoms with Gasteiger partial charge in [-0.05, 0) is 24.5 Å². The Labute approximate surface area is 96.5 Å². The number of rotatable bonds is 1. The summed E-state index contributed by atoms with van der Waals surface area (Å²) in [7, 11) is 0. The van der Waals surface area contributed by atoms with E-state index in [9.17, 15) is 4.79 Å². The molecular weight excluding hydrogens is 200 g/mol. The van der Waals surface area contributed by atoms with Gasteiger partial charge < -0.3 is 10.2 Å². The molecule has 1 aromatic carbocycles. The summed E-state index contributed by atoms with van der Waals surface area (Å²) in [6, 6.07) is 6.17. The average molecular weight is 218 g/mol. The number of amides is 1. The highest BCUT2D eigenvalue weighted by Crippen LogP contribution is 2.32. The summed E-state index contributed by atoms with van der Waals surface area (Å²) in [4.78, 5) is 13.5. The van der Waals surface area contributed by atoms with Gasteiger partial charge in [-0.3, -0.25) is 4.79 Å². The molecule has 1 N–H and O–H groups in total. The fourth-order valence-corrected chi connectivity index (χ4v) is 2.21. The molecule has 3 heteroatoms. The van der Waals surface area contributed by atoms with Crippen LogP contribution in [0.25, 0.3) is 0 Å². The van der Waals surface area contributed by atoms with Crippen LogP contribution in [-0.4, -0.2) is 19.0 Å². The summed E-state index contributed by atoms with van der Waals surface area (Å²) in [6.45, 7) is 5.52. The van der Waals surface area contributed by atoms with Crippen molar-refractivity contribution in [3.8, 4) is 0 Å². The average Bonchev–Trinajstić information content (AvgIpc) is 2.50. The van der Waals surface area contributed by atoms with Gasteiger partial charge in [-0.25, -0.2) is 0 Å². The highest BCUT2D eigenvalue weighted by atomic mass is 16.2. The summed E-state index contributed by atoms with van der Waals surface area (Å²) in [5, 5.41) is 3.44. The first-order valence-electron chi connectivity index (χ1n) is 5.88. The first kappa shape index (κ1) is 11.0. The van der Waals surface area contributed by atoms with Gasteiger partial charge in [0.25, 0.3) is 0 Å². The molecule has 1 aliphatic heterocycles. The Balaban J connectivity index is 2.49. The van der Waals surface area contributed by atoms with E-state index < -0.39 is 0 Å². The van der Waals surface area contributed by atoms with E-state index in [1.807, 2.05) is 17.0 Å². The van der Waals surface area contributed by atoms with Gasteiger partial charge in [-0.15, -0.1) is 0 Å². The number of fused-ring (bicyclic) bond motifs is 1. The third-order valence-corrected chi connectivity index (χ3v) is 3.04. The summed E-state index contributed by atoms with van der Waals surface area (Å²) >= 11 is 0. The van der Waals surface area contributed by atoms with Crippen LogP contribution in [0.3, 0.4) is 0 Å². The number of hydrogen-bond donors (Lipinski definition) is 1. The minimum absolute atomic E-state index is 0.123. The molecule has 0 aromatic heterocycles. The van der Waals surface area contributed by atoms with Crippen molar-refractivity contribution in [2.75, 3.05) is 23.3 Å². The maximum absolute atomic E-state index is 11.6. The van der Waals surface area contributed by atoms with E-state index >= 15 is 0 Å². The molecule has 0 saturated carbocycles. The Hall–Kier alpha value is -1.51. The first-order valence-corrected chi connectivity index (χ1v) is 5.88. The van der Waals surface area contributed by atoms with Gasteiger partial charge >= 0.3 is 0 Å². The minimum atomic E-state index is 0.123. The van der Waals surface area contributed by atoms with Gasteiger partial charge in [0.1, 0.15) is 0 Å². The standard InChI is InChI=1S/C13H18N2O/c1-3-11-6-4-7-12-13(11)14-8-5-9-15(12)10(2)16/h4,6-7,14H,3,5,8-9H2,1-2H3. The molecule has 0 aliphatic carbocycles. The second-order valence-electron chi connectivity index (χ2n) is 4.12. The number of carbonyl (C=O) groups excluding carboxylic acids is 1. The predicted octanol–water partition coefficient (Wildman–Crippen LogP) is 2.42. The molecule has 0 saturated heterocycles. The number of nitrogens with zero attached hydrogens (tertiary/aromatic N) is 1. The topological polar surface area (TPSA) is 32.3 Å². The number of benzene rings is 1. The number of nitrogens with one attached hydrogen (secondary N) is 1. The zero-order valence-corrected chi connectivity index (χ0v) is 9.92. The van der Waals surface area contributed by atoms with Crippen molar-refractivity contribution in [2.24, 2.45) is 0 Å². The number of para-hydroxylation sites is 1. The van der Waals surface area contributed by atoms with E-state index in [1.165, 1.54) is 5.56 Å². The largest absolute Gasteiger partial charge is 0.383 e. The van der Waals surface area contributed by atoms with Crippen LogP contribution in [0.2, 0.25) is 0 Å². The van der Waals surface area contributed by atoms with Crippen molar-refractivity contribution in [3.05, 3.63) is 23.8 Å². The monoisotopic (exact) mass is 218 g/mol. The molecule has 0 bridgehead atoms. The van der Waals surface area contributed by atoms with Crippen molar-refractivity contribution in [1.29, 1.82) is 0 Å². The SMILES string of the molecule is CCc1cccc2c1NCCCN2C(C)=O. The van der Waals surface area contributed by atoms with Gasteiger partial charge in [-0.2, -0.15) is 0 Å². The van der Waals surface area contributed by atoms with Gasteiger partial charge in [0.15, 0.2) is 0 Å². The molecule has 3 nitrogen and oxygen atoms in total. The van der Waals surface area contributed by atoms with Crippen LogP contribution >= 0.6 is 0 Å². The lowest BCUT2D eigenvalue weighted by atomic mass is 10.1. The second-order valence-corrected chi connectivity index (χ2v) is 4.12. The maximum Gasteiger partial charge on any atom is 0.223 e. The third kappa shape index (κ3) is 1.90. The van der Waals surface area contributed by atoms with Crippen molar-refractivity contribution in [2.45, 2.75) is 26.7 Å². The Morgan fingerprint density at radius 1 is 1.50 bits per heavy atom. The molecule has 0 atom stereocenters. The fourth-order valence-electron chi connectivity index (χ4n) is 2.21. The summed E-state index contributed by atoms with van der Waals surface area (Å²) in [6.07, 6.45) is 1.99. The molecule has 0 unspecified atom stereocenters. The van der Waals surface area contributed by atoms with E-state index in [0.29, 0.717) is 0 Å². The minimum Gasteiger partial charge on any atom is -0.383 e. The molecule has 0 fully saturated rings. The molecule has 1 heterocycles. The van der Waals surface area contributed by atoms with Gasteiger partial charge in [0.05, 0.1) is 11.4 Å². The summed E-state index contributed by atoms with van der Waals surface area (Å²) in [5.41, 5.74) is 3.45. The molecule has 1 aliphatic rings. The lowest BCUT2D eigenvalue weighted by molar-refractivity contribution is -0.116. The van der Waals surface area contributed by atoms with Crippen molar-refractivity contribution in [3.63, 3.8) is 0 Å². The van der Waals surface area contributed by atoms with Crippen LogP contribution in [-0.2, 0) is 11.2 Å². The second kappa shape index (κ2) is 4.56. The fraction of sp³-hybridized carbons (Fsp3) is 0.462. The van der Waals surface area contributed by atoms with E-state index in [4.69, 9.17) is 0 Å². The van der Waals surface area contributed by atoms with Crippen LogP contribution in [0, 0.1) is 0 Å². The summed E-state index contributed by atoms with van der Waals surface area (Å²) in [5.74, 6) is 0.123. The predicted molar refractivity (Wildman–Crippen MR) is 67.0 cm³/mol. The van der Waals surface area contributed by atoms with Crippen molar-refractivity contribution >= 4 is 17.3 Å². The van der Waals surface area contributed by atoms with Crippen LogP contribution in [0.5, 0.6) is 0 Å². The summed E-state index contributed by atoms with van der Waals surface area (Å²) < 4.78 is 0. The van der Waals surface area contributed by atoms with Crippen LogP contribution < -0.4 is 10.2 Å². The molecule has 2 rings (SSSR count). The third-order valence-electron chi connectivity index (χ3n) is 3.04. The van der Waals surface area contributed by atoms with Crippen LogP contribution in [0.4, 0.5) is 11.4 Å². The Bertz CT molecular complexity index is 401. The van der Waals surface area contributed by atoms with E-state index in [0.717, 1.165) is 37.3 Å². The molecule has 16 heavy (non-hydrogen) atoms. The highest BCUT2D eigenvalue weighted by Gasteiger charge is 2.19. The quantitative estimate of drug-likeness (QED) is 0.785. The number of carbonyl (C=O) groups is 1. The van der Waals surface area contributed by atoms with Crippen LogP contribution in [0.1, 0.15) is 25.8 Å². The van der Waals surface area contributed by atoms with Crippen molar-refractivity contribution < 1.29 is 4.79 Å². The zero-order chi connectivity index (χ0) is 11.5. The Kier molecular flexibility index (Phi) is 3.13. The number of hydrogen-bond acceptors (Lipinski definition) is 2. The lowest BCUT2D eigenvalue weighted by Crippen LogP contribution is -2.28. The molecule has 1 aromatic rings. The number of aryl methyl sites for hydroxylation is 1. The van der Waals surface area contributed by atoms with E-state index in [1.54, 1.807) is 6.92 Å².